The molecule has 3 N–H and O–H groups in total. The van der Waals surface area contributed by atoms with Crippen molar-refractivity contribution in [3.63, 3.8) is 0 Å². The van der Waals surface area contributed by atoms with Crippen molar-refractivity contribution in [3.8, 4) is 0 Å². The van der Waals surface area contributed by atoms with Gasteiger partial charge in [-0.05, 0) is 24.6 Å². The molecule has 0 saturated carbocycles. The van der Waals surface area contributed by atoms with Crippen LogP contribution in [0.2, 0.25) is 5.02 Å². The Balaban J connectivity index is 2.62. The maximum atomic E-state index is 11.8. The summed E-state index contributed by atoms with van der Waals surface area (Å²) in [5.41, 5.74) is 0.470. The van der Waals surface area contributed by atoms with E-state index in [1.165, 1.54) is 0 Å². The Morgan fingerprint density at radius 1 is 1.45 bits per heavy atom. The minimum absolute atomic E-state index is 0.102. The fourth-order valence-electron chi connectivity index (χ4n) is 1.72. The first-order valence-electron chi connectivity index (χ1n) is 6.16. The molecule has 7 heteroatoms. The summed E-state index contributed by atoms with van der Waals surface area (Å²) in [6.45, 7) is 1.93. The predicted molar refractivity (Wildman–Crippen MR) is 82.3 cm³/mol. The second-order valence-corrected chi connectivity index (χ2v) is 5.63. The van der Waals surface area contributed by atoms with Crippen LogP contribution in [0.1, 0.15) is 26.2 Å². The van der Waals surface area contributed by atoms with Crippen LogP contribution in [0.4, 0.5) is 10.5 Å². The molecule has 0 heterocycles. The summed E-state index contributed by atoms with van der Waals surface area (Å²) in [5.74, 6) is -0.939. The van der Waals surface area contributed by atoms with E-state index >= 15 is 0 Å². The highest BCUT2D eigenvalue weighted by Crippen LogP contribution is 2.25. The van der Waals surface area contributed by atoms with E-state index in [9.17, 15) is 9.59 Å². The Hall–Kier alpha value is -1.27. The van der Waals surface area contributed by atoms with Gasteiger partial charge in [-0.15, -0.1) is 0 Å². The number of hydrogen-bond donors (Lipinski definition) is 3. The first-order chi connectivity index (χ1) is 9.42. The van der Waals surface area contributed by atoms with Crippen LogP contribution in [-0.2, 0) is 4.79 Å². The van der Waals surface area contributed by atoms with E-state index in [4.69, 9.17) is 16.7 Å². The van der Waals surface area contributed by atoms with Gasteiger partial charge in [0.25, 0.3) is 0 Å². The molecule has 1 unspecified atom stereocenters. The maximum Gasteiger partial charge on any atom is 0.319 e. The average molecular weight is 364 g/mol. The van der Waals surface area contributed by atoms with Crippen molar-refractivity contribution in [2.24, 2.45) is 0 Å². The van der Waals surface area contributed by atoms with E-state index < -0.39 is 18.0 Å². The minimum Gasteiger partial charge on any atom is -0.481 e. The van der Waals surface area contributed by atoms with Crippen molar-refractivity contribution in [1.29, 1.82) is 0 Å². The number of carbonyl (C=O) groups is 2. The zero-order valence-corrected chi connectivity index (χ0v) is 13.3. The molecule has 0 bridgehead atoms. The van der Waals surface area contributed by atoms with Gasteiger partial charge in [-0.1, -0.05) is 40.9 Å². The fourth-order valence-corrected chi connectivity index (χ4v) is 2.44. The molecule has 0 fully saturated rings. The van der Waals surface area contributed by atoms with Crippen molar-refractivity contribution < 1.29 is 14.7 Å². The number of urea groups is 1. The van der Waals surface area contributed by atoms with Crippen LogP contribution in [0.5, 0.6) is 0 Å². The van der Waals surface area contributed by atoms with E-state index in [1.54, 1.807) is 18.2 Å². The topological polar surface area (TPSA) is 78.4 Å². The lowest BCUT2D eigenvalue weighted by Crippen LogP contribution is -2.39. The summed E-state index contributed by atoms with van der Waals surface area (Å²) in [6, 6.07) is 4.22. The van der Waals surface area contributed by atoms with E-state index in [-0.39, 0.29) is 6.42 Å². The second kappa shape index (κ2) is 8.11. The highest BCUT2D eigenvalue weighted by molar-refractivity contribution is 9.10. The summed E-state index contributed by atoms with van der Waals surface area (Å²) in [7, 11) is 0. The van der Waals surface area contributed by atoms with Gasteiger partial charge in [0.15, 0.2) is 0 Å². The first kappa shape index (κ1) is 16.8. The van der Waals surface area contributed by atoms with Gasteiger partial charge in [0.05, 0.1) is 17.1 Å². The Morgan fingerprint density at radius 2 is 2.15 bits per heavy atom. The smallest absolute Gasteiger partial charge is 0.319 e. The van der Waals surface area contributed by atoms with Crippen LogP contribution in [0, 0.1) is 0 Å². The van der Waals surface area contributed by atoms with Crippen molar-refractivity contribution in [3.05, 3.63) is 27.7 Å². The van der Waals surface area contributed by atoms with Crippen molar-refractivity contribution in [1.82, 2.24) is 5.32 Å². The molecule has 1 aromatic carbocycles. The SMILES string of the molecule is CCCC(CC(=O)O)NC(=O)Nc1ccc(Br)cc1Cl. The molecular formula is C13H16BrClN2O3. The third-order valence-corrected chi connectivity index (χ3v) is 3.38. The van der Waals surface area contributed by atoms with Gasteiger partial charge in [0, 0.05) is 10.5 Å². The van der Waals surface area contributed by atoms with Crippen LogP contribution in [0.3, 0.4) is 0 Å². The van der Waals surface area contributed by atoms with Crippen LogP contribution >= 0.6 is 27.5 Å². The van der Waals surface area contributed by atoms with Crippen LogP contribution in [0.25, 0.3) is 0 Å². The van der Waals surface area contributed by atoms with Crippen LogP contribution < -0.4 is 10.6 Å². The van der Waals surface area contributed by atoms with E-state index in [2.05, 4.69) is 26.6 Å². The molecule has 2 amide bonds. The quantitative estimate of drug-likeness (QED) is 0.718. The zero-order valence-electron chi connectivity index (χ0n) is 11.0. The number of halogens is 2. The highest BCUT2D eigenvalue weighted by Gasteiger charge is 2.15. The summed E-state index contributed by atoms with van der Waals surface area (Å²) in [5, 5.41) is 14.4. The summed E-state index contributed by atoms with van der Waals surface area (Å²) in [6.07, 6.45) is 1.29. The number of hydrogen-bond acceptors (Lipinski definition) is 2. The minimum atomic E-state index is -0.939. The summed E-state index contributed by atoms with van der Waals surface area (Å²) >= 11 is 9.26. The zero-order chi connectivity index (χ0) is 15.1. The number of nitrogens with one attached hydrogen (secondary N) is 2. The van der Waals surface area contributed by atoms with Gasteiger partial charge < -0.3 is 15.7 Å². The largest absolute Gasteiger partial charge is 0.481 e. The third kappa shape index (κ3) is 5.79. The van der Waals surface area contributed by atoms with Crippen molar-refractivity contribution >= 4 is 45.2 Å². The lowest BCUT2D eigenvalue weighted by molar-refractivity contribution is -0.137. The number of carboxylic acid groups (broad SMARTS) is 1. The fraction of sp³-hybridized carbons (Fsp3) is 0.385. The lowest BCUT2D eigenvalue weighted by atomic mass is 10.1. The van der Waals surface area contributed by atoms with Crippen LogP contribution in [0.15, 0.2) is 22.7 Å². The van der Waals surface area contributed by atoms with E-state index in [0.29, 0.717) is 17.1 Å². The molecule has 5 nitrogen and oxygen atoms in total. The van der Waals surface area contributed by atoms with Crippen LogP contribution in [-0.4, -0.2) is 23.1 Å². The molecule has 110 valence electrons. The predicted octanol–water partition coefficient (Wildman–Crippen LogP) is 3.87. The van der Waals surface area contributed by atoms with Gasteiger partial charge in [0.1, 0.15) is 0 Å². The molecule has 1 atom stereocenters. The van der Waals surface area contributed by atoms with E-state index in [1.807, 2.05) is 6.92 Å². The number of anilines is 1. The molecular weight excluding hydrogens is 348 g/mol. The van der Waals surface area contributed by atoms with Crippen molar-refractivity contribution in [2.75, 3.05) is 5.32 Å². The Bertz CT molecular complexity index is 497. The average Bonchev–Trinajstić information content (AvgIpc) is 2.32. The molecule has 0 aromatic heterocycles. The Labute approximate surface area is 130 Å². The normalized spacial score (nSPS) is 11.8. The number of amides is 2. The number of rotatable bonds is 6. The van der Waals surface area contributed by atoms with Gasteiger partial charge in [0.2, 0.25) is 0 Å². The third-order valence-electron chi connectivity index (χ3n) is 2.57. The lowest BCUT2D eigenvalue weighted by Gasteiger charge is -2.17. The van der Waals surface area contributed by atoms with Gasteiger partial charge in [-0.2, -0.15) is 0 Å². The monoisotopic (exact) mass is 362 g/mol. The van der Waals surface area contributed by atoms with Gasteiger partial charge in [-0.25, -0.2) is 4.79 Å². The molecule has 1 aromatic rings. The second-order valence-electron chi connectivity index (χ2n) is 4.31. The summed E-state index contributed by atoms with van der Waals surface area (Å²) < 4.78 is 0.809. The molecule has 0 aliphatic heterocycles. The standard InChI is InChI=1S/C13H16BrClN2O3/c1-2-3-9(7-12(18)19)16-13(20)17-11-5-4-8(14)6-10(11)15/h4-6,9H,2-3,7H2,1H3,(H,18,19)(H2,16,17,20). The number of benzene rings is 1. The molecule has 1 rings (SSSR count). The molecule has 20 heavy (non-hydrogen) atoms. The summed E-state index contributed by atoms with van der Waals surface area (Å²) in [4.78, 5) is 22.5. The molecule has 0 radical (unpaired) electrons. The highest BCUT2D eigenvalue weighted by atomic mass is 79.9. The van der Waals surface area contributed by atoms with E-state index in [0.717, 1.165) is 10.9 Å². The van der Waals surface area contributed by atoms with Gasteiger partial charge in [-0.3, -0.25) is 4.79 Å². The molecule has 0 saturated heterocycles. The molecule has 0 aliphatic rings. The first-order valence-corrected chi connectivity index (χ1v) is 7.33. The Kier molecular flexibility index (Phi) is 6.81. The number of carboxylic acids is 1. The van der Waals surface area contributed by atoms with Gasteiger partial charge >= 0.3 is 12.0 Å². The number of carbonyl (C=O) groups excluding carboxylic acids is 1. The molecule has 0 spiro atoms. The number of aliphatic carboxylic acids is 1. The Morgan fingerprint density at radius 3 is 2.70 bits per heavy atom. The maximum absolute atomic E-state index is 11.8. The van der Waals surface area contributed by atoms with Crippen molar-refractivity contribution in [2.45, 2.75) is 32.2 Å². The molecule has 0 aliphatic carbocycles.